The lowest BCUT2D eigenvalue weighted by molar-refractivity contribution is -0.120. The van der Waals surface area contributed by atoms with Crippen LogP contribution in [-0.4, -0.2) is 54.9 Å². The van der Waals surface area contributed by atoms with E-state index < -0.39 is 0 Å². The Balaban J connectivity index is 1.56. The second-order valence-corrected chi connectivity index (χ2v) is 8.91. The highest BCUT2D eigenvalue weighted by Crippen LogP contribution is 2.35. The number of hydrogen-bond donors (Lipinski definition) is 1. The Morgan fingerprint density at radius 1 is 1.10 bits per heavy atom. The summed E-state index contributed by atoms with van der Waals surface area (Å²) in [6.07, 6.45) is 5.85. The van der Waals surface area contributed by atoms with E-state index in [-0.39, 0.29) is 12.5 Å². The van der Waals surface area contributed by atoms with Crippen LogP contribution >= 0.6 is 11.3 Å². The number of rotatable bonds is 8. The summed E-state index contributed by atoms with van der Waals surface area (Å²) >= 11 is 1.65. The molecule has 162 valence electrons. The molecule has 1 saturated carbocycles. The van der Waals surface area contributed by atoms with Crippen molar-refractivity contribution in [1.82, 2.24) is 4.90 Å². The summed E-state index contributed by atoms with van der Waals surface area (Å²) in [6, 6.07) is 10.1. The third-order valence-corrected chi connectivity index (χ3v) is 6.71. The number of aliphatic hydroxyl groups is 1. The summed E-state index contributed by atoms with van der Waals surface area (Å²) in [5.74, 6) is 1.44. The van der Waals surface area contributed by atoms with Crippen LogP contribution in [0.5, 0.6) is 11.5 Å². The maximum Gasteiger partial charge on any atom is 0.241 e. The van der Waals surface area contributed by atoms with Crippen LogP contribution in [0.4, 0.5) is 5.69 Å². The van der Waals surface area contributed by atoms with Crippen LogP contribution in [0.25, 0.3) is 0 Å². The van der Waals surface area contributed by atoms with Gasteiger partial charge in [-0.25, -0.2) is 0 Å². The molecule has 2 aromatic rings. The Morgan fingerprint density at radius 2 is 1.90 bits per heavy atom. The molecule has 1 aromatic heterocycles. The second kappa shape index (κ2) is 10.3. The van der Waals surface area contributed by atoms with Crippen molar-refractivity contribution in [2.75, 3.05) is 37.8 Å². The summed E-state index contributed by atoms with van der Waals surface area (Å²) in [5, 5.41) is 11.6. The van der Waals surface area contributed by atoms with Crippen molar-refractivity contribution in [3.8, 4) is 11.5 Å². The molecule has 1 amide bonds. The molecule has 1 N–H and O–H groups in total. The van der Waals surface area contributed by atoms with Crippen molar-refractivity contribution in [3.63, 3.8) is 0 Å². The van der Waals surface area contributed by atoms with Crippen molar-refractivity contribution in [3.05, 3.63) is 40.6 Å². The Labute approximate surface area is 182 Å². The van der Waals surface area contributed by atoms with E-state index in [9.17, 15) is 9.90 Å². The van der Waals surface area contributed by atoms with Crippen molar-refractivity contribution in [2.24, 2.45) is 0 Å². The molecule has 6 nitrogen and oxygen atoms in total. The SMILES string of the molecule is O=C(CN(CCO)C1CCCCC1)N(Cc1cccs1)c1ccc2c(c1)OCCO2. The van der Waals surface area contributed by atoms with Gasteiger partial charge in [-0.2, -0.15) is 0 Å². The molecule has 0 spiro atoms. The molecule has 30 heavy (non-hydrogen) atoms. The van der Waals surface area contributed by atoms with Crippen molar-refractivity contribution in [1.29, 1.82) is 0 Å². The van der Waals surface area contributed by atoms with E-state index in [1.807, 2.05) is 34.5 Å². The summed E-state index contributed by atoms with van der Waals surface area (Å²) in [6.45, 7) is 2.49. The fourth-order valence-electron chi connectivity index (χ4n) is 4.31. The van der Waals surface area contributed by atoms with Crippen LogP contribution in [-0.2, 0) is 11.3 Å². The lowest BCUT2D eigenvalue weighted by atomic mass is 9.94. The Hall–Kier alpha value is -2.09. The van der Waals surface area contributed by atoms with Gasteiger partial charge in [-0.1, -0.05) is 25.3 Å². The fraction of sp³-hybridized carbons (Fsp3) is 0.522. The monoisotopic (exact) mass is 430 g/mol. The Kier molecular flexibility index (Phi) is 7.25. The normalized spacial score (nSPS) is 16.6. The topological polar surface area (TPSA) is 62.2 Å². The van der Waals surface area contributed by atoms with Gasteiger partial charge in [0.25, 0.3) is 0 Å². The number of anilines is 1. The molecule has 4 rings (SSSR count). The quantitative estimate of drug-likeness (QED) is 0.692. The van der Waals surface area contributed by atoms with Crippen LogP contribution in [0.1, 0.15) is 37.0 Å². The van der Waals surface area contributed by atoms with Crippen LogP contribution in [0.15, 0.2) is 35.7 Å². The van der Waals surface area contributed by atoms with E-state index in [2.05, 4.69) is 11.0 Å². The molecule has 0 atom stereocenters. The minimum atomic E-state index is 0.0408. The maximum atomic E-state index is 13.5. The van der Waals surface area contributed by atoms with Gasteiger partial charge >= 0.3 is 0 Å². The van der Waals surface area contributed by atoms with Crippen LogP contribution in [0, 0.1) is 0 Å². The highest BCUT2D eigenvalue weighted by molar-refractivity contribution is 7.09. The largest absolute Gasteiger partial charge is 0.486 e. The maximum absolute atomic E-state index is 13.5. The summed E-state index contributed by atoms with van der Waals surface area (Å²) in [7, 11) is 0. The zero-order valence-electron chi connectivity index (χ0n) is 17.3. The van der Waals surface area contributed by atoms with Gasteiger partial charge in [0.05, 0.1) is 19.7 Å². The van der Waals surface area contributed by atoms with Crippen molar-refractivity contribution in [2.45, 2.75) is 44.7 Å². The predicted octanol–water partition coefficient (Wildman–Crippen LogP) is 3.68. The number of fused-ring (bicyclic) bond motifs is 1. The summed E-state index contributed by atoms with van der Waals surface area (Å²) in [4.78, 5) is 18.6. The first kappa shape index (κ1) is 21.2. The third-order valence-electron chi connectivity index (χ3n) is 5.85. The molecule has 0 saturated heterocycles. The van der Waals surface area contributed by atoms with E-state index in [1.54, 1.807) is 11.3 Å². The summed E-state index contributed by atoms with van der Waals surface area (Å²) in [5.41, 5.74) is 0.810. The molecule has 1 aliphatic heterocycles. The molecule has 1 fully saturated rings. The van der Waals surface area contributed by atoms with Gasteiger partial charge in [0.1, 0.15) is 13.2 Å². The van der Waals surface area contributed by atoms with Crippen LogP contribution in [0.3, 0.4) is 0 Å². The molecule has 1 aromatic carbocycles. The zero-order valence-corrected chi connectivity index (χ0v) is 18.1. The predicted molar refractivity (Wildman–Crippen MR) is 118 cm³/mol. The molecule has 2 heterocycles. The molecular weight excluding hydrogens is 400 g/mol. The van der Waals surface area contributed by atoms with Gasteiger partial charge < -0.3 is 19.5 Å². The van der Waals surface area contributed by atoms with Gasteiger partial charge in [0.15, 0.2) is 11.5 Å². The molecule has 0 unspecified atom stereocenters. The lowest BCUT2D eigenvalue weighted by Gasteiger charge is -2.35. The van der Waals surface area contributed by atoms with Crippen LogP contribution < -0.4 is 14.4 Å². The molecule has 7 heteroatoms. The Morgan fingerprint density at radius 3 is 2.63 bits per heavy atom. The zero-order chi connectivity index (χ0) is 20.8. The molecule has 0 bridgehead atoms. The second-order valence-electron chi connectivity index (χ2n) is 7.87. The minimum Gasteiger partial charge on any atom is -0.486 e. The first-order valence-electron chi connectivity index (χ1n) is 10.8. The van der Waals surface area contributed by atoms with Gasteiger partial charge in [0, 0.05) is 29.2 Å². The third kappa shape index (κ3) is 5.14. The fourth-order valence-corrected chi connectivity index (χ4v) is 5.00. The highest BCUT2D eigenvalue weighted by atomic mass is 32.1. The number of hydrogen-bond acceptors (Lipinski definition) is 6. The average Bonchev–Trinajstić information content (AvgIpc) is 3.31. The van der Waals surface area contributed by atoms with E-state index >= 15 is 0 Å². The standard InChI is InChI=1S/C23H30N2O4S/c26-11-10-24(18-5-2-1-3-6-18)17-23(27)25(16-20-7-4-14-30-20)19-8-9-21-22(15-19)29-13-12-28-21/h4,7-9,14-15,18,26H,1-3,5-6,10-13,16-17H2. The number of ether oxygens (including phenoxy) is 2. The number of benzene rings is 1. The number of thiophene rings is 1. The molecule has 1 aliphatic carbocycles. The average molecular weight is 431 g/mol. The van der Waals surface area contributed by atoms with E-state index in [0.29, 0.717) is 44.6 Å². The van der Waals surface area contributed by atoms with Gasteiger partial charge in [-0.05, 0) is 36.4 Å². The number of aliphatic hydroxyl groups excluding tert-OH is 1. The number of nitrogens with zero attached hydrogens (tertiary/aromatic N) is 2. The van der Waals surface area contributed by atoms with Crippen LogP contribution in [0.2, 0.25) is 0 Å². The number of carbonyl (C=O) groups is 1. The smallest absolute Gasteiger partial charge is 0.241 e. The molecule has 0 radical (unpaired) electrons. The van der Waals surface area contributed by atoms with Crippen molar-refractivity contribution >= 4 is 22.9 Å². The number of amides is 1. The Bertz CT molecular complexity index is 821. The van der Waals surface area contributed by atoms with E-state index in [0.717, 1.165) is 29.2 Å². The first-order chi connectivity index (χ1) is 14.7. The summed E-state index contributed by atoms with van der Waals surface area (Å²) < 4.78 is 11.4. The lowest BCUT2D eigenvalue weighted by Crippen LogP contribution is -2.46. The van der Waals surface area contributed by atoms with Gasteiger partial charge in [0.2, 0.25) is 5.91 Å². The molecular formula is C23H30N2O4S. The van der Waals surface area contributed by atoms with E-state index in [4.69, 9.17) is 9.47 Å². The minimum absolute atomic E-state index is 0.0408. The van der Waals surface area contributed by atoms with Crippen molar-refractivity contribution < 1.29 is 19.4 Å². The van der Waals surface area contributed by atoms with Gasteiger partial charge in [-0.3, -0.25) is 9.69 Å². The van der Waals surface area contributed by atoms with E-state index in [1.165, 1.54) is 19.3 Å². The number of carbonyl (C=O) groups excluding carboxylic acids is 1. The van der Waals surface area contributed by atoms with Gasteiger partial charge in [-0.15, -0.1) is 11.3 Å². The highest BCUT2D eigenvalue weighted by Gasteiger charge is 2.26. The first-order valence-corrected chi connectivity index (χ1v) is 11.7. The molecule has 2 aliphatic rings.